The predicted octanol–water partition coefficient (Wildman–Crippen LogP) is 3.02. The molecule has 0 saturated carbocycles. The molecule has 8 heteroatoms. The van der Waals surface area contributed by atoms with Gasteiger partial charge in [-0.05, 0) is 27.9 Å². The number of tetrazole rings is 1. The van der Waals surface area contributed by atoms with Crippen LogP contribution in [0, 0.1) is 0 Å². The van der Waals surface area contributed by atoms with Gasteiger partial charge in [0.1, 0.15) is 12.1 Å². The van der Waals surface area contributed by atoms with E-state index in [2.05, 4.69) is 37.3 Å². The van der Waals surface area contributed by atoms with Crippen LogP contribution in [0.1, 0.15) is 0 Å². The summed E-state index contributed by atoms with van der Waals surface area (Å²) < 4.78 is 8.09. The summed E-state index contributed by atoms with van der Waals surface area (Å²) in [5.41, 5.74) is 2.62. The fourth-order valence-electron chi connectivity index (χ4n) is 2.33. The molecule has 23 heavy (non-hydrogen) atoms. The number of fused-ring (bicyclic) bond motifs is 1. The van der Waals surface area contributed by atoms with Crippen LogP contribution < -0.4 is 10.1 Å². The molecule has 3 aromatic heterocycles. The van der Waals surface area contributed by atoms with E-state index >= 15 is 0 Å². The summed E-state index contributed by atoms with van der Waals surface area (Å²) in [6.07, 6.45) is 5.22. The summed E-state index contributed by atoms with van der Waals surface area (Å²) in [7, 11) is 1.63. The first kappa shape index (κ1) is 13.6. The van der Waals surface area contributed by atoms with Crippen LogP contribution in [-0.2, 0) is 0 Å². The highest BCUT2D eigenvalue weighted by Crippen LogP contribution is 2.31. The van der Waals surface area contributed by atoms with Gasteiger partial charge in [0.2, 0.25) is 0 Å². The molecule has 0 fully saturated rings. The molecule has 0 saturated heterocycles. The van der Waals surface area contributed by atoms with Crippen LogP contribution in [0.4, 0.5) is 11.4 Å². The Bertz CT molecular complexity index is 950. The molecule has 4 rings (SSSR count). The Hall–Kier alpha value is -3.00. The summed E-state index contributed by atoms with van der Waals surface area (Å²) in [6.45, 7) is 0. The zero-order valence-corrected chi connectivity index (χ0v) is 13.0. The van der Waals surface area contributed by atoms with Crippen LogP contribution in [0.15, 0.2) is 48.4 Å². The number of benzene rings is 1. The minimum absolute atomic E-state index is 0.714. The van der Waals surface area contributed by atoms with E-state index in [4.69, 9.17) is 4.74 Å². The maximum absolute atomic E-state index is 5.37. The minimum Gasteiger partial charge on any atom is -0.497 e. The standard InChI is InChI=1S/C15H12N6OS/c1-22-12-5-10(4-11(6-12)21-9-17-19-20-21)18-14-7-16-8-15-13(14)2-3-23-15/h2-9,18H,1H3. The van der Waals surface area contributed by atoms with Gasteiger partial charge in [-0.1, -0.05) is 0 Å². The second kappa shape index (κ2) is 5.65. The lowest BCUT2D eigenvalue weighted by Gasteiger charge is -2.11. The number of hydrogen-bond acceptors (Lipinski definition) is 7. The summed E-state index contributed by atoms with van der Waals surface area (Å²) >= 11 is 1.66. The van der Waals surface area contributed by atoms with Gasteiger partial charge in [-0.2, -0.15) is 0 Å². The molecule has 0 aliphatic rings. The van der Waals surface area contributed by atoms with Crippen molar-refractivity contribution in [3.05, 3.63) is 48.4 Å². The average Bonchev–Trinajstić information content (AvgIpc) is 3.26. The van der Waals surface area contributed by atoms with Crippen molar-refractivity contribution < 1.29 is 4.74 Å². The number of hydrogen-bond donors (Lipinski definition) is 1. The molecule has 0 spiro atoms. The quantitative estimate of drug-likeness (QED) is 0.622. The third kappa shape index (κ3) is 2.59. The first-order valence-corrected chi connectivity index (χ1v) is 7.72. The van der Waals surface area contributed by atoms with Crippen molar-refractivity contribution in [3.8, 4) is 11.4 Å². The normalized spacial score (nSPS) is 10.8. The molecule has 0 aliphatic carbocycles. The molecule has 0 amide bonds. The van der Waals surface area contributed by atoms with Gasteiger partial charge in [0.15, 0.2) is 0 Å². The predicted molar refractivity (Wildman–Crippen MR) is 88.6 cm³/mol. The number of ether oxygens (including phenoxy) is 1. The van der Waals surface area contributed by atoms with Crippen LogP contribution in [0.2, 0.25) is 0 Å². The molecule has 0 radical (unpaired) electrons. The third-order valence-corrected chi connectivity index (χ3v) is 4.25. The van der Waals surface area contributed by atoms with Gasteiger partial charge in [0, 0.05) is 29.4 Å². The Kier molecular flexibility index (Phi) is 3.35. The van der Waals surface area contributed by atoms with Crippen molar-refractivity contribution in [1.82, 2.24) is 25.2 Å². The van der Waals surface area contributed by atoms with Crippen molar-refractivity contribution >= 4 is 32.8 Å². The lowest BCUT2D eigenvalue weighted by atomic mass is 10.2. The van der Waals surface area contributed by atoms with Crippen molar-refractivity contribution in [2.75, 3.05) is 12.4 Å². The van der Waals surface area contributed by atoms with Gasteiger partial charge in [-0.15, -0.1) is 16.4 Å². The Morgan fingerprint density at radius 3 is 3.00 bits per heavy atom. The van der Waals surface area contributed by atoms with Crippen LogP contribution in [0.3, 0.4) is 0 Å². The fraction of sp³-hybridized carbons (Fsp3) is 0.0667. The number of methoxy groups -OCH3 is 1. The van der Waals surface area contributed by atoms with E-state index in [-0.39, 0.29) is 0 Å². The molecule has 0 aliphatic heterocycles. The minimum atomic E-state index is 0.714. The van der Waals surface area contributed by atoms with Crippen molar-refractivity contribution in [2.45, 2.75) is 0 Å². The fourth-order valence-corrected chi connectivity index (χ4v) is 3.11. The summed E-state index contributed by atoms with van der Waals surface area (Å²) in [5.74, 6) is 0.714. The molecular formula is C15H12N6OS. The maximum Gasteiger partial charge on any atom is 0.143 e. The molecule has 0 unspecified atom stereocenters. The zero-order valence-electron chi connectivity index (χ0n) is 12.2. The van der Waals surface area contributed by atoms with Crippen LogP contribution in [-0.4, -0.2) is 32.3 Å². The van der Waals surface area contributed by atoms with Gasteiger partial charge in [0.05, 0.1) is 29.4 Å². The van der Waals surface area contributed by atoms with E-state index in [9.17, 15) is 0 Å². The molecule has 0 atom stereocenters. The topological polar surface area (TPSA) is 77.8 Å². The molecule has 7 nitrogen and oxygen atoms in total. The molecule has 3 heterocycles. The maximum atomic E-state index is 5.37. The molecule has 0 bridgehead atoms. The number of pyridine rings is 1. The number of nitrogens with one attached hydrogen (secondary N) is 1. The van der Waals surface area contributed by atoms with Gasteiger partial charge >= 0.3 is 0 Å². The molecular weight excluding hydrogens is 312 g/mol. The Morgan fingerprint density at radius 2 is 2.17 bits per heavy atom. The lowest BCUT2D eigenvalue weighted by Crippen LogP contribution is -1.99. The Balaban J connectivity index is 1.76. The van der Waals surface area contributed by atoms with Crippen molar-refractivity contribution in [1.29, 1.82) is 0 Å². The van der Waals surface area contributed by atoms with Crippen molar-refractivity contribution in [3.63, 3.8) is 0 Å². The van der Waals surface area contributed by atoms with E-state index in [0.29, 0.717) is 5.75 Å². The van der Waals surface area contributed by atoms with E-state index in [1.807, 2.05) is 30.6 Å². The SMILES string of the molecule is COc1cc(Nc2cncc3sccc23)cc(-n2cnnn2)c1. The highest BCUT2D eigenvalue weighted by molar-refractivity contribution is 7.17. The highest BCUT2D eigenvalue weighted by atomic mass is 32.1. The van der Waals surface area contributed by atoms with E-state index < -0.39 is 0 Å². The molecule has 1 N–H and O–H groups in total. The Labute approximate surface area is 135 Å². The molecule has 114 valence electrons. The summed E-state index contributed by atoms with van der Waals surface area (Å²) in [5, 5.41) is 17.8. The van der Waals surface area contributed by atoms with Crippen LogP contribution in [0.25, 0.3) is 15.8 Å². The zero-order chi connectivity index (χ0) is 15.6. The lowest BCUT2D eigenvalue weighted by molar-refractivity contribution is 0.414. The second-order valence-electron chi connectivity index (χ2n) is 4.82. The largest absolute Gasteiger partial charge is 0.497 e. The van der Waals surface area contributed by atoms with Crippen molar-refractivity contribution in [2.24, 2.45) is 0 Å². The average molecular weight is 324 g/mol. The van der Waals surface area contributed by atoms with Gasteiger partial charge < -0.3 is 10.1 Å². The number of aromatic nitrogens is 5. The van der Waals surface area contributed by atoms with Gasteiger partial charge in [0.25, 0.3) is 0 Å². The molecule has 1 aromatic carbocycles. The first-order valence-electron chi connectivity index (χ1n) is 6.84. The second-order valence-corrected chi connectivity index (χ2v) is 5.77. The first-order chi connectivity index (χ1) is 11.3. The van der Waals surface area contributed by atoms with Gasteiger partial charge in [-0.3, -0.25) is 4.98 Å². The number of thiophene rings is 1. The summed E-state index contributed by atoms with van der Waals surface area (Å²) in [4.78, 5) is 4.28. The highest BCUT2D eigenvalue weighted by Gasteiger charge is 2.07. The number of anilines is 2. The van der Waals surface area contributed by atoms with Gasteiger partial charge in [-0.25, -0.2) is 4.68 Å². The number of rotatable bonds is 4. The monoisotopic (exact) mass is 324 g/mol. The van der Waals surface area contributed by atoms with Crippen LogP contribution in [0.5, 0.6) is 5.75 Å². The smallest absolute Gasteiger partial charge is 0.143 e. The summed E-state index contributed by atoms with van der Waals surface area (Å²) in [6, 6.07) is 7.81. The van der Waals surface area contributed by atoms with E-state index in [1.54, 1.807) is 29.5 Å². The van der Waals surface area contributed by atoms with E-state index in [1.165, 1.54) is 0 Å². The van der Waals surface area contributed by atoms with Crippen LogP contribution >= 0.6 is 11.3 Å². The van der Waals surface area contributed by atoms with E-state index in [0.717, 1.165) is 27.1 Å². The molecule has 4 aromatic rings. The Morgan fingerprint density at radius 1 is 1.22 bits per heavy atom. The number of nitrogens with zero attached hydrogens (tertiary/aromatic N) is 5. The third-order valence-electron chi connectivity index (χ3n) is 3.40.